The summed E-state index contributed by atoms with van der Waals surface area (Å²) in [5.41, 5.74) is 1.37. The van der Waals surface area contributed by atoms with Crippen molar-refractivity contribution in [3.8, 4) is 6.07 Å². The molecule has 0 aromatic carbocycles. The van der Waals surface area contributed by atoms with Gasteiger partial charge in [-0.25, -0.2) is 0 Å². The number of anilines is 1. The summed E-state index contributed by atoms with van der Waals surface area (Å²) in [6.07, 6.45) is 2.24. The van der Waals surface area contributed by atoms with Gasteiger partial charge in [-0.05, 0) is 13.3 Å². The van der Waals surface area contributed by atoms with E-state index in [4.69, 9.17) is 10.00 Å². The molecular weight excluding hydrogens is 216 g/mol. The van der Waals surface area contributed by atoms with E-state index in [-0.39, 0.29) is 0 Å². The van der Waals surface area contributed by atoms with Gasteiger partial charge in [0.1, 0.15) is 17.5 Å². The minimum Gasteiger partial charge on any atom is -0.380 e. The van der Waals surface area contributed by atoms with Crippen molar-refractivity contribution in [1.82, 2.24) is 9.78 Å². The van der Waals surface area contributed by atoms with Crippen LogP contribution in [0.3, 0.4) is 0 Å². The summed E-state index contributed by atoms with van der Waals surface area (Å²) in [5.74, 6) is 0.768. The zero-order valence-electron chi connectivity index (χ0n) is 10.8. The molecule has 0 bridgehead atoms. The summed E-state index contributed by atoms with van der Waals surface area (Å²) in [5, 5.41) is 16.4. The molecule has 0 aliphatic carbocycles. The molecule has 0 fully saturated rings. The quantitative estimate of drug-likeness (QED) is 0.734. The lowest BCUT2D eigenvalue weighted by Gasteiger charge is -2.07. The third-order valence-corrected chi connectivity index (χ3v) is 2.52. The summed E-state index contributed by atoms with van der Waals surface area (Å²) in [7, 11) is 1.83. The van der Waals surface area contributed by atoms with Crippen molar-refractivity contribution in [3.63, 3.8) is 0 Å². The highest BCUT2D eigenvalue weighted by Gasteiger charge is 2.11. The predicted octanol–water partition coefficient (Wildman–Crippen LogP) is 1.83. The van der Waals surface area contributed by atoms with E-state index in [1.807, 2.05) is 14.0 Å². The Kier molecular flexibility index (Phi) is 5.50. The first-order valence-corrected chi connectivity index (χ1v) is 5.96. The number of nitrogens with one attached hydrogen (secondary N) is 1. The molecule has 1 aromatic heterocycles. The Labute approximate surface area is 102 Å². The fraction of sp³-hybridized carbons (Fsp3) is 0.667. The van der Waals surface area contributed by atoms with Gasteiger partial charge >= 0.3 is 0 Å². The second kappa shape index (κ2) is 6.92. The summed E-state index contributed by atoms with van der Waals surface area (Å²) in [4.78, 5) is 0. The molecule has 1 N–H and O–H groups in total. The Morgan fingerprint density at radius 1 is 1.47 bits per heavy atom. The van der Waals surface area contributed by atoms with Gasteiger partial charge in [-0.1, -0.05) is 13.3 Å². The molecule has 0 aliphatic heterocycles. The van der Waals surface area contributed by atoms with Gasteiger partial charge in [-0.15, -0.1) is 0 Å². The van der Waals surface area contributed by atoms with Crippen LogP contribution in [0.15, 0.2) is 0 Å². The van der Waals surface area contributed by atoms with Crippen molar-refractivity contribution in [1.29, 1.82) is 5.26 Å². The summed E-state index contributed by atoms with van der Waals surface area (Å²) in [6, 6.07) is 2.16. The molecular formula is C12H20N4O. The zero-order valence-corrected chi connectivity index (χ0v) is 10.8. The van der Waals surface area contributed by atoms with Crippen LogP contribution in [0, 0.1) is 18.3 Å². The molecule has 1 rings (SSSR count). The number of unbranched alkanes of at least 4 members (excludes halogenated alkanes) is 1. The van der Waals surface area contributed by atoms with Gasteiger partial charge in [-0.2, -0.15) is 10.4 Å². The average Bonchev–Trinajstić information content (AvgIpc) is 2.58. The van der Waals surface area contributed by atoms with Crippen molar-refractivity contribution < 1.29 is 4.74 Å². The van der Waals surface area contributed by atoms with Crippen LogP contribution in [-0.2, 0) is 11.8 Å². The minimum absolute atomic E-state index is 0.612. The SMILES string of the molecule is CCCCOCCNc1c(C#N)c(C)nn1C. The highest BCUT2D eigenvalue weighted by molar-refractivity contribution is 5.54. The van der Waals surface area contributed by atoms with Crippen LogP contribution in [0.25, 0.3) is 0 Å². The Bertz CT molecular complexity index is 392. The van der Waals surface area contributed by atoms with Gasteiger partial charge in [0, 0.05) is 20.2 Å². The first-order chi connectivity index (χ1) is 8.20. The third kappa shape index (κ3) is 3.75. The standard InChI is InChI=1S/C12H20N4O/c1-4-5-7-17-8-6-14-12-11(9-13)10(2)15-16(12)3/h14H,4-8H2,1-3H3. The van der Waals surface area contributed by atoms with Gasteiger partial charge < -0.3 is 10.1 Å². The topological polar surface area (TPSA) is 62.9 Å². The molecule has 0 radical (unpaired) electrons. The van der Waals surface area contributed by atoms with E-state index in [0.717, 1.165) is 31.0 Å². The molecule has 0 saturated carbocycles. The number of aromatic nitrogens is 2. The van der Waals surface area contributed by atoms with Gasteiger partial charge in [0.15, 0.2) is 0 Å². The van der Waals surface area contributed by atoms with Gasteiger partial charge in [0.25, 0.3) is 0 Å². The van der Waals surface area contributed by atoms with Crippen molar-refractivity contribution in [2.45, 2.75) is 26.7 Å². The summed E-state index contributed by atoms with van der Waals surface area (Å²) in [6.45, 7) is 6.11. The van der Waals surface area contributed by atoms with Gasteiger partial charge in [0.2, 0.25) is 0 Å². The van der Waals surface area contributed by atoms with Crippen LogP contribution in [0.1, 0.15) is 31.0 Å². The van der Waals surface area contributed by atoms with Crippen LogP contribution in [-0.4, -0.2) is 29.5 Å². The van der Waals surface area contributed by atoms with E-state index in [1.165, 1.54) is 0 Å². The van der Waals surface area contributed by atoms with Crippen LogP contribution >= 0.6 is 0 Å². The van der Waals surface area contributed by atoms with Crippen molar-refractivity contribution in [2.24, 2.45) is 7.05 Å². The van der Waals surface area contributed by atoms with E-state index < -0.39 is 0 Å². The lowest BCUT2D eigenvalue weighted by molar-refractivity contribution is 0.141. The second-order valence-electron chi connectivity index (χ2n) is 3.94. The van der Waals surface area contributed by atoms with Gasteiger partial charge in [0.05, 0.1) is 12.3 Å². The molecule has 17 heavy (non-hydrogen) atoms. The number of rotatable bonds is 7. The van der Waals surface area contributed by atoms with Gasteiger partial charge in [-0.3, -0.25) is 4.68 Å². The second-order valence-corrected chi connectivity index (χ2v) is 3.94. The number of aryl methyl sites for hydroxylation is 2. The fourth-order valence-electron chi connectivity index (χ4n) is 1.58. The largest absolute Gasteiger partial charge is 0.380 e. The molecule has 1 heterocycles. The minimum atomic E-state index is 0.612. The molecule has 0 spiro atoms. The van der Waals surface area contributed by atoms with Crippen LogP contribution in [0.2, 0.25) is 0 Å². The maximum absolute atomic E-state index is 9.01. The van der Waals surface area contributed by atoms with Crippen molar-refractivity contribution >= 4 is 5.82 Å². The van der Waals surface area contributed by atoms with Crippen LogP contribution < -0.4 is 5.32 Å². The van der Waals surface area contributed by atoms with Crippen LogP contribution in [0.4, 0.5) is 5.82 Å². The Hall–Kier alpha value is -1.54. The first-order valence-electron chi connectivity index (χ1n) is 5.96. The fourth-order valence-corrected chi connectivity index (χ4v) is 1.58. The number of nitrogens with zero attached hydrogens (tertiary/aromatic N) is 3. The number of ether oxygens (including phenoxy) is 1. The number of hydrogen-bond acceptors (Lipinski definition) is 4. The highest BCUT2D eigenvalue weighted by atomic mass is 16.5. The Balaban J connectivity index is 2.39. The monoisotopic (exact) mass is 236 g/mol. The van der Waals surface area contributed by atoms with E-state index in [1.54, 1.807) is 4.68 Å². The van der Waals surface area contributed by atoms with E-state index >= 15 is 0 Å². The molecule has 5 heteroatoms. The maximum atomic E-state index is 9.01. The van der Waals surface area contributed by atoms with E-state index in [0.29, 0.717) is 18.7 Å². The normalized spacial score (nSPS) is 10.2. The molecule has 94 valence electrons. The Morgan fingerprint density at radius 2 is 2.24 bits per heavy atom. The zero-order chi connectivity index (χ0) is 12.7. The maximum Gasteiger partial charge on any atom is 0.142 e. The molecule has 5 nitrogen and oxygen atoms in total. The summed E-state index contributed by atoms with van der Waals surface area (Å²) >= 11 is 0. The predicted molar refractivity (Wildman–Crippen MR) is 66.9 cm³/mol. The lowest BCUT2D eigenvalue weighted by Crippen LogP contribution is -2.13. The molecule has 0 unspecified atom stereocenters. The molecule has 0 saturated heterocycles. The average molecular weight is 236 g/mol. The van der Waals surface area contributed by atoms with E-state index in [9.17, 15) is 0 Å². The molecule has 0 aliphatic rings. The molecule has 1 aromatic rings. The third-order valence-electron chi connectivity index (χ3n) is 2.52. The summed E-state index contributed by atoms with van der Waals surface area (Å²) < 4.78 is 7.14. The Morgan fingerprint density at radius 3 is 2.88 bits per heavy atom. The smallest absolute Gasteiger partial charge is 0.142 e. The number of hydrogen-bond donors (Lipinski definition) is 1. The van der Waals surface area contributed by atoms with Crippen molar-refractivity contribution in [3.05, 3.63) is 11.3 Å². The van der Waals surface area contributed by atoms with Crippen molar-refractivity contribution in [2.75, 3.05) is 25.1 Å². The van der Waals surface area contributed by atoms with E-state index in [2.05, 4.69) is 23.4 Å². The first kappa shape index (κ1) is 13.5. The molecule has 0 atom stereocenters. The lowest BCUT2D eigenvalue weighted by atomic mass is 10.2. The van der Waals surface area contributed by atoms with Crippen LogP contribution in [0.5, 0.6) is 0 Å². The number of nitriles is 1. The highest BCUT2D eigenvalue weighted by Crippen LogP contribution is 2.16. The molecule has 0 amide bonds.